The fourth-order valence-electron chi connectivity index (χ4n) is 4.73. The van der Waals surface area contributed by atoms with Crippen LogP contribution in [0.25, 0.3) is 0 Å². The van der Waals surface area contributed by atoms with Crippen LogP contribution >= 0.6 is 0 Å². The highest BCUT2D eigenvalue weighted by atomic mass is 16.6. The van der Waals surface area contributed by atoms with Gasteiger partial charge < -0.3 is 9.53 Å². The molecule has 1 aromatic rings. The number of hydrogen-bond donors (Lipinski definition) is 0. The number of esters is 1. The largest absolute Gasteiger partial charge is 0.459 e. The van der Waals surface area contributed by atoms with Crippen LogP contribution in [0.2, 0.25) is 0 Å². The smallest absolute Gasteiger partial charge is 0.336 e. The molecule has 1 heterocycles. The van der Waals surface area contributed by atoms with E-state index in [1.165, 1.54) is 12.1 Å². The zero-order chi connectivity index (χ0) is 24.2. The molecule has 1 aromatic carbocycles. The van der Waals surface area contributed by atoms with E-state index in [9.17, 15) is 19.7 Å². The van der Waals surface area contributed by atoms with Crippen molar-refractivity contribution in [1.82, 2.24) is 0 Å². The highest BCUT2D eigenvalue weighted by molar-refractivity contribution is 6.04. The molecule has 1 fully saturated rings. The molecule has 0 N–H and O–H groups in total. The van der Waals surface area contributed by atoms with Crippen molar-refractivity contribution in [3.8, 4) is 0 Å². The van der Waals surface area contributed by atoms with Gasteiger partial charge in [0, 0.05) is 29.5 Å². The van der Waals surface area contributed by atoms with E-state index in [0.717, 1.165) is 50.5 Å². The number of aliphatic imine (C=N–C) groups is 1. The zero-order valence-corrected chi connectivity index (χ0v) is 20.0. The Morgan fingerprint density at radius 1 is 1.21 bits per heavy atom. The Bertz CT molecular complexity index is 955. The number of nitro benzene ring substituents is 1. The number of ether oxygens (including phenoxy) is 1. The molecule has 7 heteroatoms. The minimum absolute atomic E-state index is 0.0368. The van der Waals surface area contributed by atoms with Gasteiger partial charge in [-0.15, -0.1) is 0 Å². The number of rotatable bonds is 8. The maximum atomic E-state index is 13.4. The first kappa shape index (κ1) is 24.8. The molecule has 3 rings (SSSR count). The molecule has 1 saturated carbocycles. The van der Waals surface area contributed by atoms with Crippen LogP contribution in [0.15, 0.2) is 40.5 Å². The lowest BCUT2D eigenvalue weighted by Crippen LogP contribution is -2.35. The Morgan fingerprint density at radius 2 is 1.85 bits per heavy atom. The van der Waals surface area contributed by atoms with Gasteiger partial charge in [-0.25, -0.2) is 4.79 Å². The standard InChI is InChI=1S/C26H34N2O5/c1-5-26(3,4)15-22-21(16-29)24(18-11-13-19(14-12-18)28(31)32)23(17(2)27-22)25(30)33-20-9-7-6-8-10-20/h11-14,16,20-21,24H,5-10,15H2,1-4H3. The Balaban J connectivity index is 2.05. The Kier molecular flexibility index (Phi) is 7.82. The van der Waals surface area contributed by atoms with Gasteiger partial charge in [0.05, 0.1) is 16.4 Å². The first-order chi connectivity index (χ1) is 15.7. The summed E-state index contributed by atoms with van der Waals surface area (Å²) in [5, 5.41) is 11.1. The summed E-state index contributed by atoms with van der Waals surface area (Å²) < 4.78 is 5.87. The number of nitrogens with zero attached hydrogens (tertiary/aromatic N) is 2. The molecule has 0 spiro atoms. The van der Waals surface area contributed by atoms with E-state index in [4.69, 9.17) is 9.73 Å². The molecule has 2 unspecified atom stereocenters. The Labute approximate surface area is 195 Å². The van der Waals surface area contributed by atoms with Crippen molar-refractivity contribution in [3.63, 3.8) is 0 Å². The lowest BCUT2D eigenvalue weighted by atomic mass is 9.72. The number of aldehydes is 1. The first-order valence-electron chi connectivity index (χ1n) is 11.9. The van der Waals surface area contributed by atoms with Gasteiger partial charge in [-0.1, -0.05) is 45.7 Å². The van der Waals surface area contributed by atoms with E-state index >= 15 is 0 Å². The van der Waals surface area contributed by atoms with Crippen LogP contribution in [0, 0.1) is 21.4 Å². The highest BCUT2D eigenvalue weighted by Crippen LogP contribution is 2.42. The normalized spacial score (nSPS) is 22.0. The highest BCUT2D eigenvalue weighted by Gasteiger charge is 2.40. The molecule has 2 aliphatic rings. The predicted octanol–water partition coefficient (Wildman–Crippen LogP) is 5.92. The molecular formula is C26H34N2O5. The number of nitro groups is 1. The van der Waals surface area contributed by atoms with E-state index in [1.54, 1.807) is 19.1 Å². The molecule has 178 valence electrons. The number of carbonyl (C=O) groups excluding carboxylic acids is 2. The Hall–Kier alpha value is -2.83. The SMILES string of the molecule is CCC(C)(C)CC1=NC(C)=C(C(=O)OC2CCCCC2)C(c2ccc([N+](=O)[O-])cc2)C1C=O. The second kappa shape index (κ2) is 10.4. The van der Waals surface area contributed by atoms with Crippen molar-refractivity contribution in [2.75, 3.05) is 0 Å². The summed E-state index contributed by atoms with van der Waals surface area (Å²) in [6.07, 6.45) is 7.18. The van der Waals surface area contributed by atoms with Crippen molar-refractivity contribution in [2.24, 2.45) is 16.3 Å². The van der Waals surface area contributed by atoms with Gasteiger partial charge in [0.1, 0.15) is 12.4 Å². The summed E-state index contributed by atoms with van der Waals surface area (Å²) in [5.74, 6) is -1.65. The van der Waals surface area contributed by atoms with E-state index < -0.39 is 22.7 Å². The van der Waals surface area contributed by atoms with Crippen LogP contribution in [-0.2, 0) is 14.3 Å². The fraction of sp³-hybridized carbons (Fsp3) is 0.577. The minimum Gasteiger partial charge on any atom is -0.459 e. The number of carbonyl (C=O) groups is 2. The third-order valence-electron chi connectivity index (χ3n) is 7.03. The summed E-state index contributed by atoms with van der Waals surface area (Å²) in [4.78, 5) is 41.2. The monoisotopic (exact) mass is 454 g/mol. The van der Waals surface area contributed by atoms with Crippen LogP contribution in [0.5, 0.6) is 0 Å². The number of allylic oxidation sites excluding steroid dienone is 1. The van der Waals surface area contributed by atoms with Crippen molar-refractivity contribution in [3.05, 3.63) is 51.2 Å². The van der Waals surface area contributed by atoms with Crippen LogP contribution < -0.4 is 0 Å². The molecule has 7 nitrogen and oxygen atoms in total. The third-order valence-corrected chi connectivity index (χ3v) is 7.03. The van der Waals surface area contributed by atoms with Crippen LogP contribution in [-0.4, -0.2) is 29.0 Å². The van der Waals surface area contributed by atoms with Crippen LogP contribution in [0.3, 0.4) is 0 Å². The second-order valence-electron chi connectivity index (χ2n) is 9.95. The van der Waals surface area contributed by atoms with Crippen LogP contribution in [0.4, 0.5) is 5.69 Å². The van der Waals surface area contributed by atoms with Crippen molar-refractivity contribution in [1.29, 1.82) is 0 Å². The van der Waals surface area contributed by atoms with Gasteiger partial charge in [0.15, 0.2) is 0 Å². The van der Waals surface area contributed by atoms with E-state index in [-0.39, 0.29) is 17.2 Å². The van der Waals surface area contributed by atoms with E-state index in [2.05, 4.69) is 20.8 Å². The summed E-state index contributed by atoms with van der Waals surface area (Å²) >= 11 is 0. The Morgan fingerprint density at radius 3 is 2.39 bits per heavy atom. The van der Waals surface area contributed by atoms with Crippen molar-refractivity contribution >= 4 is 23.7 Å². The lowest BCUT2D eigenvalue weighted by molar-refractivity contribution is -0.384. The van der Waals surface area contributed by atoms with Crippen molar-refractivity contribution in [2.45, 2.75) is 84.7 Å². The second-order valence-corrected chi connectivity index (χ2v) is 9.95. The van der Waals surface area contributed by atoms with Gasteiger partial charge in [-0.05, 0) is 50.0 Å². The van der Waals surface area contributed by atoms with E-state index in [1.807, 2.05) is 0 Å². The number of benzene rings is 1. The van der Waals surface area contributed by atoms with Crippen LogP contribution in [0.1, 0.15) is 84.1 Å². The molecule has 0 radical (unpaired) electrons. The predicted molar refractivity (Wildman–Crippen MR) is 127 cm³/mol. The topological polar surface area (TPSA) is 98.9 Å². The molecule has 1 aliphatic carbocycles. The van der Waals surface area contributed by atoms with Crippen molar-refractivity contribution < 1.29 is 19.2 Å². The molecule has 0 bridgehead atoms. The lowest BCUT2D eigenvalue weighted by Gasteiger charge is -2.35. The average molecular weight is 455 g/mol. The summed E-state index contributed by atoms with van der Waals surface area (Å²) in [6, 6.07) is 6.10. The van der Waals surface area contributed by atoms with Gasteiger partial charge in [-0.2, -0.15) is 0 Å². The minimum atomic E-state index is -0.630. The molecule has 0 aromatic heterocycles. The van der Waals surface area contributed by atoms with Gasteiger partial charge >= 0.3 is 5.97 Å². The van der Waals surface area contributed by atoms with E-state index in [0.29, 0.717) is 23.3 Å². The fourth-order valence-corrected chi connectivity index (χ4v) is 4.73. The third kappa shape index (κ3) is 5.75. The quantitative estimate of drug-likeness (QED) is 0.210. The zero-order valence-electron chi connectivity index (χ0n) is 20.0. The molecule has 0 amide bonds. The van der Waals surface area contributed by atoms with Gasteiger partial charge in [0.25, 0.3) is 5.69 Å². The average Bonchev–Trinajstić information content (AvgIpc) is 2.79. The summed E-state index contributed by atoms with van der Waals surface area (Å²) in [6.45, 7) is 8.15. The molecule has 1 aliphatic heterocycles. The van der Waals surface area contributed by atoms with Gasteiger partial charge in [0.2, 0.25) is 0 Å². The summed E-state index contributed by atoms with van der Waals surface area (Å²) in [5.41, 5.74) is 2.26. The molecular weight excluding hydrogens is 420 g/mol. The molecule has 2 atom stereocenters. The maximum Gasteiger partial charge on any atom is 0.336 e. The van der Waals surface area contributed by atoms with Gasteiger partial charge in [-0.3, -0.25) is 15.1 Å². The maximum absolute atomic E-state index is 13.4. The molecule has 33 heavy (non-hydrogen) atoms. The molecule has 0 saturated heterocycles. The number of hydrogen-bond acceptors (Lipinski definition) is 6. The number of non-ortho nitro benzene ring substituents is 1. The summed E-state index contributed by atoms with van der Waals surface area (Å²) in [7, 11) is 0. The first-order valence-corrected chi connectivity index (χ1v) is 11.9.